The molecule has 0 bridgehead atoms. The summed E-state index contributed by atoms with van der Waals surface area (Å²) >= 11 is 0. The number of unbranched alkanes of at least 4 members (excludes halogenated alkanes) is 1. The second-order valence-electron chi connectivity index (χ2n) is 14.3. The van der Waals surface area contributed by atoms with Crippen molar-refractivity contribution in [1.82, 2.24) is 31.2 Å². The summed E-state index contributed by atoms with van der Waals surface area (Å²) in [6, 6.07) is 19.0. The van der Waals surface area contributed by atoms with Gasteiger partial charge < -0.3 is 30.9 Å². The largest absolute Gasteiger partial charge is 0.483 e. The van der Waals surface area contributed by atoms with Crippen LogP contribution in [0.3, 0.4) is 0 Å². The Hall–Kier alpha value is -6.84. The molecule has 0 aliphatic carbocycles. The fraction of sp³-hybridized carbons (Fsp3) is 0.333. The van der Waals surface area contributed by atoms with E-state index in [-0.39, 0.29) is 47.5 Å². The fourth-order valence-corrected chi connectivity index (χ4v) is 7.52. The minimum absolute atomic E-state index is 0.00366. The first-order valence-corrected chi connectivity index (χ1v) is 19.4. The Bertz CT molecular complexity index is 2270. The number of nitrogens with zero attached hydrogens (tertiary/aromatic N) is 3. The number of piperidine rings is 2. The highest BCUT2D eigenvalue weighted by molar-refractivity contribution is 6.24. The van der Waals surface area contributed by atoms with Crippen molar-refractivity contribution in [2.45, 2.75) is 44.6 Å². The minimum Gasteiger partial charge on any atom is -0.483 e. The zero-order valence-electron chi connectivity index (χ0n) is 32.0. The predicted octanol–water partition coefficient (Wildman–Crippen LogP) is 3.05. The van der Waals surface area contributed by atoms with E-state index >= 15 is 0 Å². The van der Waals surface area contributed by atoms with E-state index in [0.717, 1.165) is 27.2 Å². The van der Waals surface area contributed by atoms with Crippen LogP contribution in [-0.2, 0) is 19.2 Å². The monoisotopic (exact) mass is 788 g/mol. The summed E-state index contributed by atoms with van der Waals surface area (Å²) in [4.78, 5) is 96.2. The number of hydrogen-bond acceptors (Lipinski definition) is 11. The topological polar surface area (TPSA) is 208 Å². The van der Waals surface area contributed by atoms with Gasteiger partial charge >= 0.3 is 0 Å². The Kier molecular flexibility index (Phi) is 11.9. The molecule has 58 heavy (non-hydrogen) atoms. The van der Waals surface area contributed by atoms with Crippen LogP contribution in [0, 0.1) is 5.92 Å². The third-order valence-electron chi connectivity index (χ3n) is 10.6. The minimum atomic E-state index is -1.11. The molecule has 4 aromatic rings. The molecule has 7 amide bonds. The molecule has 0 radical (unpaired) electrons. The van der Waals surface area contributed by atoms with Crippen LogP contribution in [0.25, 0.3) is 10.9 Å². The number of rotatable bonds is 14. The number of carbonyl (C=O) groups is 7. The quantitative estimate of drug-likeness (QED) is 0.0927. The molecule has 1 unspecified atom stereocenters. The Morgan fingerprint density at radius 2 is 1.64 bits per heavy atom. The standard InChI is InChI=1S/C42H44N8O8/c1-43-39(54)30-23-46-31-13-12-27(22-29(31)37(30)47-26-8-3-2-4-9-26)49-20-16-25(17-21-49)38(53)45-19-6-5-18-44-35(52)24-58-33-11-7-10-28-36(33)42(57)50(41(28)56)32-14-15-34(51)48-40(32)55/h2-4,7-13,22-23,25,32H,5-6,14-21,24H2,1H3,(H,43,54)(H,44,52)(H,45,53)(H,46,47)(H,48,51,55). The molecule has 2 fully saturated rings. The van der Waals surface area contributed by atoms with Crippen molar-refractivity contribution in [2.75, 3.05) is 50.1 Å². The van der Waals surface area contributed by atoms with Crippen LogP contribution in [-0.4, -0.2) is 97.1 Å². The third kappa shape index (κ3) is 8.45. The average molecular weight is 789 g/mol. The molecule has 2 saturated heterocycles. The Labute approximate surface area is 334 Å². The summed E-state index contributed by atoms with van der Waals surface area (Å²) in [5, 5.41) is 14.9. The number of pyridine rings is 1. The van der Waals surface area contributed by atoms with E-state index in [2.05, 4.69) is 36.5 Å². The van der Waals surface area contributed by atoms with Gasteiger partial charge in [-0.25, -0.2) is 0 Å². The number of benzene rings is 3. The molecule has 300 valence electrons. The van der Waals surface area contributed by atoms with Crippen LogP contribution in [0.2, 0.25) is 0 Å². The van der Waals surface area contributed by atoms with Crippen LogP contribution in [0.5, 0.6) is 5.75 Å². The van der Waals surface area contributed by atoms with E-state index in [9.17, 15) is 33.6 Å². The molecule has 0 saturated carbocycles. The number of carbonyl (C=O) groups excluding carboxylic acids is 7. The van der Waals surface area contributed by atoms with Crippen molar-refractivity contribution in [3.8, 4) is 5.75 Å². The van der Waals surface area contributed by atoms with Gasteiger partial charge in [0, 0.05) is 68.5 Å². The summed E-state index contributed by atoms with van der Waals surface area (Å²) in [6.45, 7) is 1.79. The van der Waals surface area contributed by atoms with Crippen molar-refractivity contribution >= 4 is 69.3 Å². The lowest BCUT2D eigenvalue weighted by Gasteiger charge is -2.33. The van der Waals surface area contributed by atoms with Crippen LogP contribution >= 0.6 is 0 Å². The normalized spacial score (nSPS) is 16.8. The third-order valence-corrected chi connectivity index (χ3v) is 10.6. The summed E-state index contributed by atoms with van der Waals surface area (Å²) in [7, 11) is 1.59. The van der Waals surface area contributed by atoms with Gasteiger partial charge in [-0.3, -0.25) is 48.8 Å². The highest BCUT2D eigenvalue weighted by atomic mass is 16.5. The molecule has 3 aliphatic heterocycles. The van der Waals surface area contributed by atoms with Crippen molar-refractivity contribution in [1.29, 1.82) is 0 Å². The highest BCUT2D eigenvalue weighted by Crippen LogP contribution is 2.35. The summed E-state index contributed by atoms with van der Waals surface area (Å²) in [6.07, 6.45) is 4.24. The number of ether oxygens (including phenoxy) is 1. The van der Waals surface area contributed by atoms with Gasteiger partial charge in [-0.15, -0.1) is 0 Å². The molecule has 1 atom stereocenters. The van der Waals surface area contributed by atoms with Gasteiger partial charge in [0.15, 0.2) is 6.61 Å². The molecule has 16 heteroatoms. The van der Waals surface area contributed by atoms with Crippen molar-refractivity contribution < 1.29 is 38.3 Å². The van der Waals surface area contributed by atoms with Crippen LogP contribution in [0.1, 0.15) is 69.6 Å². The molecular formula is C42H44N8O8. The van der Waals surface area contributed by atoms with Gasteiger partial charge in [0.2, 0.25) is 17.7 Å². The molecule has 1 aromatic heterocycles. The first-order valence-electron chi connectivity index (χ1n) is 19.4. The van der Waals surface area contributed by atoms with E-state index in [1.165, 1.54) is 18.2 Å². The van der Waals surface area contributed by atoms with E-state index in [1.807, 2.05) is 48.5 Å². The number of nitrogens with one attached hydrogen (secondary N) is 5. The zero-order valence-corrected chi connectivity index (χ0v) is 32.0. The maximum Gasteiger partial charge on any atom is 0.266 e. The van der Waals surface area contributed by atoms with E-state index in [0.29, 0.717) is 63.1 Å². The predicted molar refractivity (Wildman–Crippen MR) is 214 cm³/mol. The van der Waals surface area contributed by atoms with E-state index in [1.54, 1.807) is 13.2 Å². The molecule has 3 aromatic carbocycles. The van der Waals surface area contributed by atoms with Gasteiger partial charge in [-0.05, 0) is 74.6 Å². The number of fused-ring (bicyclic) bond motifs is 2. The Morgan fingerprint density at radius 3 is 2.38 bits per heavy atom. The van der Waals surface area contributed by atoms with E-state index < -0.39 is 42.2 Å². The summed E-state index contributed by atoms with van der Waals surface area (Å²) in [5.74, 6) is -3.29. The van der Waals surface area contributed by atoms with E-state index in [4.69, 9.17) is 4.74 Å². The van der Waals surface area contributed by atoms with Crippen LogP contribution in [0.15, 0.2) is 72.9 Å². The van der Waals surface area contributed by atoms with Crippen molar-refractivity contribution in [2.24, 2.45) is 5.92 Å². The van der Waals surface area contributed by atoms with Gasteiger partial charge in [0.25, 0.3) is 23.6 Å². The van der Waals surface area contributed by atoms with Crippen molar-refractivity contribution in [3.05, 3.63) is 89.6 Å². The first-order chi connectivity index (χ1) is 28.1. The fourth-order valence-electron chi connectivity index (χ4n) is 7.52. The molecule has 0 spiro atoms. The molecule has 3 aliphatic rings. The maximum absolute atomic E-state index is 13.2. The molecule has 4 heterocycles. The molecule has 5 N–H and O–H groups in total. The smallest absolute Gasteiger partial charge is 0.266 e. The SMILES string of the molecule is CNC(=O)c1cnc2ccc(N3CCC(C(=O)NCCCCNC(=O)COc4cccc5c4C(=O)N(C4CCC(=O)NC4=O)C5=O)CC3)cc2c1Nc1ccccc1. The summed E-state index contributed by atoms with van der Waals surface area (Å²) < 4.78 is 5.64. The lowest BCUT2D eigenvalue weighted by Crippen LogP contribution is -2.54. The first kappa shape index (κ1) is 39.4. The average Bonchev–Trinajstić information content (AvgIpc) is 3.50. The lowest BCUT2D eigenvalue weighted by atomic mass is 9.95. The van der Waals surface area contributed by atoms with Gasteiger partial charge in [-0.1, -0.05) is 24.3 Å². The number of aromatic nitrogens is 1. The van der Waals surface area contributed by atoms with Gasteiger partial charge in [0.1, 0.15) is 11.8 Å². The number of anilines is 3. The number of imide groups is 2. The van der Waals surface area contributed by atoms with Gasteiger partial charge in [-0.2, -0.15) is 0 Å². The maximum atomic E-state index is 13.2. The highest BCUT2D eigenvalue weighted by Gasteiger charge is 2.46. The molecule has 7 rings (SSSR count). The molecular weight excluding hydrogens is 745 g/mol. The lowest BCUT2D eigenvalue weighted by molar-refractivity contribution is -0.136. The zero-order chi connectivity index (χ0) is 40.8. The van der Waals surface area contributed by atoms with Crippen LogP contribution in [0.4, 0.5) is 17.1 Å². The summed E-state index contributed by atoms with van der Waals surface area (Å²) in [5.41, 5.74) is 3.74. The van der Waals surface area contributed by atoms with Gasteiger partial charge in [0.05, 0.1) is 27.9 Å². The van der Waals surface area contributed by atoms with Crippen molar-refractivity contribution in [3.63, 3.8) is 0 Å². The second kappa shape index (κ2) is 17.5. The Morgan fingerprint density at radius 1 is 0.879 bits per heavy atom. The Balaban J connectivity index is 0.837. The second-order valence-corrected chi connectivity index (χ2v) is 14.3. The van der Waals surface area contributed by atoms with Crippen LogP contribution < -0.4 is 36.2 Å². The molecule has 16 nitrogen and oxygen atoms in total. The number of amides is 7. The number of hydrogen-bond donors (Lipinski definition) is 5. The number of para-hydroxylation sites is 1.